The maximum absolute atomic E-state index is 5.18. The molecule has 0 aliphatic carbocycles. The zero-order chi connectivity index (χ0) is 8.81. The molecule has 0 aliphatic heterocycles. The molecule has 4 N–H and O–H groups in total. The van der Waals surface area contributed by atoms with Gasteiger partial charge < -0.3 is 11.5 Å². The molecule has 1 aromatic heterocycles. The number of aryl methyl sites for hydroxylation is 1. The van der Waals surface area contributed by atoms with Gasteiger partial charge in [0.05, 0.1) is 0 Å². The van der Waals surface area contributed by atoms with Crippen LogP contribution in [0.2, 0.25) is 0 Å². The quantitative estimate of drug-likeness (QED) is 0.415. The van der Waals surface area contributed by atoms with E-state index in [4.69, 9.17) is 11.5 Å². The van der Waals surface area contributed by atoms with E-state index in [2.05, 4.69) is 22.5 Å². The Morgan fingerprint density at radius 1 is 1.50 bits per heavy atom. The molecular formula is C8H13N3S. The van der Waals surface area contributed by atoms with Crippen molar-refractivity contribution in [2.45, 2.75) is 12.8 Å². The van der Waals surface area contributed by atoms with Gasteiger partial charge >= 0.3 is 0 Å². The largest absolute Gasteiger partial charge is 0.370 e. The molecule has 12 heavy (non-hydrogen) atoms. The zero-order valence-corrected chi connectivity index (χ0v) is 7.68. The number of nitrogens with two attached hydrogens (primary N) is 2. The molecule has 0 unspecified atom stereocenters. The highest BCUT2D eigenvalue weighted by Crippen LogP contribution is 2.10. The molecule has 4 heteroatoms. The molecule has 0 saturated carbocycles. The molecule has 0 bridgehead atoms. The number of hydrogen-bond donors (Lipinski definition) is 2. The molecule has 1 aromatic rings. The van der Waals surface area contributed by atoms with Crippen LogP contribution in [0.5, 0.6) is 0 Å². The van der Waals surface area contributed by atoms with E-state index >= 15 is 0 Å². The van der Waals surface area contributed by atoms with Gasteiger partial charge in [-0.1, -0.05) is 6.07 Å². The maximum Gasteiger partial charge on any atom is 0.185 e. The van der Waals surface area contributed by atoms with Crippen LogP contribution in [0.3, 0.4) is 0 Å². The number of rotatable bonds is 4. The second-order valence-corrected chi connectivity index (χ2v) is 3.52. The lowest BCUT2D eigenvalue weighted by Crippen LogP contribution is -2.22. The Morgan fingerprint density at radius 3 is 2.92 bits per heavy atom. The fourth-order valence-corrected chi connectivity index (χ4v) is 1.67. The molecule has 66 valence electrons. The molecule has 0 radical (unpaired) electrons. The van der Waals surface area contributed by atoms with Crippen LogP contribution in [-0.2, 0) is 6.42 Å². The summed E-state index contributed by atoms with van der Waals surface area (Å²) in [6, 6.07) is 4.18. The molecule has 1 rings (SSSR count). The third kappa shape index (κ3) is 3.39. The van der Waals surface area contributed by atoms with Gasteiger partial charge in [-0.25, -0.2) is 0 Å². The van der Waals surface area contributed by atoms with Gasteiger partial charge in [0, 0.05) is 11.4 Å². The molecule has 1 heterocycles. The summed E-state index contributed by atoms with van der Waals surface area (Å²) in [6.07, 6.45) is 2.08. The Kier molecular flexibility index (Phi) is 3.60. The van der Waals surface area contributed by atoms with Crippen LogP contribution >= 0.6 is 11.3 Å². The average Bonchev–Trinajstić information content (AvgIpc) is 2.49. The van der Waals surface area contributed by atoms with Crippen LogP contribution in [0, 0.1) is 0 Å². The van der Waals surface area contributed by atoms with E-state index in [0.29, 0.717) is 0 Å². The van der Waals surface area contributed by atoms with Gasteiger partial charge in [0.2, 0.25) is 0 Å². The maximum atomic E-state index is 5.18. The van der Waals surface area contributed by atoms with Gasteiger partial charge in [-0.15, -0.1) is 11.3 Å². The monoisotopic (exact) mass is 183 g/mol. The normalized spacial score (nSPS) is 9.67. The molecule has 0 amide bonds. The number of aliphatic imine (C=N–C) groups is 1. The van der Waals surface area contributed by atoms with Gasteiger partial charge in [-0.2, -0.15) is 0 Å². The predicted molar refractivity (Wildman–Crippen MR) is 53.3 cm³/mol. The van der Waals surface area contributed by atoms with Gasteiger partial charge in [-0.05, 0) is 24.3 Å². The molecule has 0 fully saturated rings. The Balaban J connectivity index is 2.16. The minimum atomic E-state index is 0.182. The standard InChI is InChI=1S/C8H13N3S/c9-8(10)11-5-1-3-7-4-2-6-12-7/h2,4,6H,1,3,5H2,(H4,9,10,11). The number of nitrogens with zero attached hydrogens (tertiary/aromatic N) is 1. The first kappa shape index (κ1) is 9.06. The molecule has 0 atom stereocenters. The van der Waals surface area contributed by atoms with Crippen LogP contribution in [0.25, 0.3) is 0 Å². The molecule has 0 aromatic carbocycles. The van der Waals surface area contributed by atoms with Crippen molar-refractivity contribution >= 4 is 17.3 Å². The van der Waals surface area contributed by atoms with Crippen molar-refractivity contribution in [3.8, 4) is 0 Å². The Morgan fingerprint density at radius 2 is 2.33 bits per heavy atom. The highest BCUT2D eigenvalue weighted by atomic mass is 32.1. The second kappa shape index (κ2) is 4.77. The molecule has 0 spiro atoms. The third-order valence-corrected chi connectivity index (χ3v) is 2.39. The molecule has 3 nitrogen and oxygen atoms in total. The van der Waals surface area contributed by atoms with Gasteiger partial charge in [0.25, 0.3) is 0 Å². The first-order chi connectivity index (χ1) is 5.79. The fourth-order valence-electron chi connectivity index (χ4n) is 0.916. The van der Waals surface area contributed by atoms with Gasteiger partial charge in [0.15, 0.2) is 5.96 Å². The van der Waals surface area contributed by atoms with Crippen molar-refractivity contribution < 1.29 is 0 Å². The Labute approximate surface area is 76.1 Å². The highest BCUT2D eigenvalue weighted by Gasteiger charge is 1.92. The first-order valence-electron chi connectivity index (χ1n) is 3.87. The smallest absolute Gasteiger partial charge is 0.185 e. The summed E-state index contributed by atoms with van der Waals surface area (Å²) >= 11 is 1.77. The van der Waals surface area contributed by atoms with E-state index in [1.54, 1.807) is 11.3 Å². The topological polar surface area (TPSA) is 64.4 Å². The van der Waals surface area contributed by atoms with Crippen LogP contribution in [0.15, 0.2) is 22.5 Å². The Bertz CT molecular complexity index is 237. The summed E-state index contributed by atoms with van der Waals surface area (Å²) in [5.74, 6) is 0.182. The summed E-state index contributed by atoms with van der Waals surface area (Å²) in [6.45, 7) is 0.722. The van der Waals surface area contributed by atoms with Crippen LogP contribution in [-0.4, -0.2) is 12.5 Å². The van der Waals surface area contributed by atoms with Crippen molar-refractivity contribution in [2.75, 3.05) is 6.54 Å². The van der Waals surface area contributed by atoms with Crippen molar-refractivity contribution in [1.29, 1.82) is 0 Å². The van der Waals surface area contributed by atoms with Crippen LogP contribution < -0.4 is 11.5 Å². The molecule has 0 aliphatic rings. The highest BCUT2D eigenvalue weighted by molar-refractivity contribution is 7.09. The lowest BCUT2D eigenvalue weighted by molar-refractivity contribution is 0.841. The van der Waals surface area contributed by atoms with Crippen molar-refractivity contribution in [3.63, 3.8) is 0 Å². The third-order valence-electron chi connectivity index (χ3n) is 1.46. The van der Waals surface area contributed by atoms with E-state index in [1.165, 1.54) is 4.88 Å². The summed E-state index contributed by atoms with van der Waals surface area (Å²) in [7, 11) is 0. The average molecular weight is 183 g/mol. The van der Waals surface area contributed by atoms with E-state index in [0.717, 1.165) is 19.4 Å². The molecular weight excluding hydrogens is 170 g/mol. The Hall–Kier alpha value is -1.03. The van der Waals surface area contributed by atoms with Crippen molar-refractivity contribution in [1.82, 2.24) is 0 Å². The number of thiophene rings is 1. The first-order valence-corrected chi connectivity index (χ1v) is 4.75. The van der Waals surface area contributed by atoms with E-state index in [1.807, 2.05) is 0 Å². The lowest BCUT2D eigenvalue weighted by Gasteiger charge is -1.94. The number of hydrogen-bond acceptors (Lipinski definition) is 2. The van der Waals surface area contributed by atoms with E-state index < -0.39 is 0 Å². The fraction of sp³-hybridized carbons (Fsp3) is 0.375. The van der Waals surface area contributed by atoms with Crippen LogP contribution in [0.1, 0.15) is 11.3 Å². The minimum absolute atomic E-state index is 0.182. The second-order valence-electron chi connectivity index (χ2n) is 2.49. The summed E-state index contributed by atoms with van der Waals surface area (Å²) < 4.78 is 0. The summed E-state index contributed by atoms with van der Waals surface area (Å²) in [5, 5.41) is 2.08. The summed E-state index contributed by atoms with van der Waals surface area (Å²) in [5.41, 5.74) is 10.4. The SMILES string of the molecule is NC(N)=NCCCc1cccs1. The molecule has 0 saturated heterocycles. The predicted octanol–water partition coefficient (Wildman–Crippen LogP) is 0.954. The zero-order valence-electron chi connectivity index (χ0n) is 6.86. The van der Waals surface area contributed by atoms with Crippen molar-refractivity contribution in [3.05, 3.63) is 22.4 Å². The number of guanidine groups is 1. The van der Waals surface area contributed by atoms with Gasteiger partial charge in [-0.3, -0.25) is 4.99 Å². The van der Waals surface area contributed by atoms with Crippen molar-refractivity contribution in [2.24, 2.45) is 16.5 Å². The lowest BCUT2D eigenvalue weighted by atomic mass is 10.3. The minimum Gasteiger partial charge on any atom is -0.370 e. The van der Waals surface area contributed by atoms with E-state index in [9.17, 15) is 0 Å². The van der Waals surface area contributed by atoms with Crippen LogP contribution in [0.4, 0.5) is 0 Å². The summed E-state index contributed by atoms with van der Waals surface area (Å²) in [4.78, 5) is 5.29. The van der Waals surface area contributed by atoms with E-state index in [-0.39, 0.29) is 5.96 Å². The van der Waals surface area contributed by atoms with Gasteiger partial charge in [0.1, 0.15) is 0 Å².